The number of hydrogen-bond donors (Lipinski definition) is 1. The Morgan fingerprint density at radius 2 is 1.93 bits per heavy atom. The molecule has 1 N–H and O–H groups in total. The van der Waals surface area contributed by atoms with Gasteiger partial charge in [-0.3, -0.25) is 9.36 Å². The van der Waals surface area contributed by atoms with Crippen molar-refractivity contribution in [3.63, 3.8) is 0 Å². The van der Waals surface area contributed by atoms with E-state index in [4.69, 9.17) is 5.26 Å². The fourth-order valence-corrected chi connectivity index (χ4v) is 4.34. The summed E-state index contributed by atoms with van der Waals surface area (Å²) in [4.78, 5) is 11.9. The van der Waals surface area contributed by atoms with Crippen molar-refractivity contribution >= 4 is 17.7 Å². The highest BCUT2D eigenvalue weighted by Gasteiger charge is 2.25. The third kappa shape index (κ3) is 4.74. The van der Waals surface area contributed by atoms with Crippen molar-refractivity contribution in [2.75, 3.05) is 12.3 Å². The molecule has 1 aromatic carbocycles. The van der Waals surface area contributed by atoms with Crippen LogP contribution in [0.5, 0.6) is 0 Å². The van der Waals surface area contributed by atoms with E-state index in [1.54, 1.807) is 0 Å². The molecular weight excluding hydrogens is 370 g/mol. The van der Waals surface area contributed by atoms with Crippen molar-refractivity contribution in [3.8, 4) is 17.5 Å². The standard InChI is InChI=1S/C21H27N5OS/c1-21(2,3)16-10-8-15(9-11-16)19-24-25-20(26(19)17-6-4-5-7-17)28-14-18(27)23-13-12-22/h8-11,17H,4-7,13-14H2,1-3H3,(H,23,27). The van der Waals surface area contributed by atoms with Crippen LogP contribution in [0.25, 0.3) is 11.4 Å². The number of nitriles is 1. The molecule has 1 saturated carbocycles. The second-order valence-electron chi connectivity index (χ2n) is 8.17. The van der Waals surface area contributed by atoms with Gasteiger partial charge in [-0.15, -0.1) is 10.2 Å². The smallest absolute Gasteiger partial charge is 0.231 e. The Bertz CT molecular complexity index is 854. The largest absolute Gasteiger partial charge is 0.342 e. The molecule has 0 radical (unpaired) electrons. The molecule has 0 spiro atoms. The Hall–Kier alpha value is -2.33. The lowest BCUT2D eigenvalue weighted by atomic mass is 9.86. The van der Waals surface area contributed by atoms with Crippen LogP contribution in [0.2, 0.25) is 0 Å². The van der Waals surface area contributed by atoms with Crippen molar-refractivity contribution in [2.45, 2.75) is 63.1 Å². The SMILES string of the molecule is CC(C)(C)c1ccc(-c2nnc(SCC(=O)NCC#N)n2C2CCCC2)cc1. The Morgan fingerprint density at radius 3 is 2.54 bits per heavy atom. The molecule has 1 aliphatic rings. The first-order valence-electron chi connectivity index (χ1n) is 9.72. The average Bonchev–Trinajstić information content (AvgIpc) is 3.33. The van der Waals surface area contributed by atoms with Gasteiger partial charge < -0.3 is 5.32 Å². The number of aromatic nitrogens is 3. The maximum atomic E-state index is 11.9. The summed E-state index contributed by atoms with van der Waals surface area (Å²) in [6, 6.07) is 10.8. The van der Waals surface area contributed by atoms with Gasteiger partial charge in [0.1, 0.15) is 6.54 Å². The summed E-state index contributed by atoms with van der Waals surface area (Å²) in [6.45, 7) is 6.64. The Kier molecular flexibility index (Phi) is 6.40. The minimum Gasteiger partial charge on any atom is -0.342 e. The first-order chi connectivity index (χ1) is 13.4. The van der Waals surface area contributed by atoms with Crippen LogP contribution in [0.4, 0.5) is 0 Å². The molecule has 28 heavy (non-hydrogen) atoms. The van der Waals surface area contributed by atoms with Crippen LogP contribution >= 0.6 is 11.8 Å². The summed E-state index contributed by atoms with van der Waals surface area (Å²) < 4.78 is 2.21. The van der Waals surface area contributed by atoms with Crippen molar-refractivity contribution in [2.24, 2.45) is 0 Å². The van der Waals surface area contributed by atoms with Crippen LogP contribution < -0.4 is 5.32 Å². The zero-order valence-corrected chi connectivity index (χ0v) is 17.6. The summed E-state index contributed by atoms with van der Waals surface area (Å²) in [5, 5.41) is 20.8. The lowest BCUT2D eigenvalue weighted by Crippen LogP contribution is -2.25. The molecule has 1 aromatic heterocycles. The molecule has 0 saturated heterocycles. The molecule has 1 heterocycles. The molecule has 6 nitrogen and oxygen atoms in total. The predicted octanol–water partition coefficient (Wildman–Crippen LogP) is 4.09. The van der Waals surface area contributed by atoms with E-state index in [0.29, 0.717) is 6.04 Å². The molecule has 1 fully saturated rings. The highest BCUT2D eigenvalue weighted by molar-refractivity contribution is 7.99. The van der Waals surface area contributed by atoms with E-state index in [0.717, 1.165) is 29.4 Å². The molecule has 0 unspecified atom stereocenters. The fraction of sp³-hybridized carbons (Fsp3) is 0.524. The van der Waals surface area contributed by atoms with Gasteiger partial charge in [-0.05, 0) is 23.8 Å². The van der Waals surface area contributed by atoms with Crippen LogP contribution in [0.1, 0.15) is 58.1 Å². The van der Waals surface area contributed by atoms with Gasteiger partial charge in [-0.1, -0.05) is 69.6 Å². The normalized spacial score (nSPS) is 14.8. The molecule has 7 heteroatoms. The molecule has 0 bridgehead atoms. The predicted molar refractivity (Wildman–Crippen MR) is 111 cm³/mol. The molecule has 0 atom stereocenters. The first kappa shape index (κ1) is 20.4. The minimum atomic E-state index is -0.163. The van der Waals surface area contributed by atoms with E-state index < -0.39 is 0 Å². The molecule has 3 rings (SSSR count). The molecule has 1 aliphatic carbocycles. The van der Waals surface area contributed by atoms with E-state index in [1.165, 1.54) is 30.2 Å². The minimum absolute atomic E-state index is 0.0279. The van der Waals surface area contributed by atoms with Gasteiger partial charge in [0.15, 0.2) is 11.0 Å². The number of hydrogen-bond acceptors (Lipinski definition) is 5. The van der Waals surface area contributed by atoms with E-state index in [-0.39, 0.29) is 23.6 Å². The number of carbonyl (C=O) groups is 1. The van der Waals surface area contributed by atoms with Crippen molar-refractivity contribution in [1.29, 1.82) is 5.26 Å². The number of carbonyl (C=O) groups excluding carboxylic acids is 1. The second-order valence-corrected chi connectivity index (χ2v) is 9.11. The average molecular weight is 398 g/mol. The lowest BCUT2D eigenvalue weighted by molar-refractivity contribution is -0.118. The Labute approximate surface area is 170 Å². The van der Waals surface area contributed by atoms with Crippen molar-refractivity contribution < 1.29 is 4.79 Å². The van der Waals surface area contributed by atoms with E-state index in [2.05, 4.69) is 65.1 Å². The highest BCUT2D eigenvalue weighted by Crippen LogP contribution is 2.37. The van der Waals surface area contributed by atoms with E-state index in [1.807, 2.05) is 6.07 Å². The highest BCUT2D eigenvalue weighted by atomic mass is 32.2. The first-order valence-corrected chi connectivity index (χ1v) is 10.7. The van der Waals surface area contributed by atoms with Gasteiger partial charge in [0.05, 0.1) is 11.8 Å². The summed E-state index contributed by atoms with van der Waals surface area (Å²) in [7, 11) is 0. The molecule has 148 valence electrons. The van der Waals surface area contributed by atoms with Crippen molar-refractivity contribution in [1.82, 2.24) is 20.1 Å². The third-order valence-corrected chi connectivity index (χ3v) is 6.00. The second kappa shape index (κ2) is 8.78. The molecular formula is C21H27N5OS. The summed E-state index contributed by atoms with van der Waals surface area (Å²) in [5.74, 6) is 0.936. The van der Waals surface area contributed by atoms with Gasteiger partial charge in [0, 0.05) is 11.6 Å². The van der Waals surface area contributed by atoms with Crippen LogP contribution in [0, 0.1) is 11.3 Å². The molecule has 1 amide bonds. The Balaban J connectivity index is 1.86. The van der Waals surface area contributed by atoms with E-state index in [9.17, 15) is 4.79 Å². The number of nitrogens with zero attached hydrogens (tertiary/aromatic N) is 4. The third-order valence-electron chi connectivity index (χ3n) is 5.06. The maximum Gasteiger partial charge on any atom is 0.231 e. The zero-order valence-electron chi connectivity index (χ0n) is 16.7. The summed E-state index contributed by atoms with van der Waals surface area (Å²) in [6.07, 6.45) is 4.63. The van der Waals surface area contributed by atoms with Crippen molar-refractivity contribution in [3.05, 3.63) is 29.8 Å². The van der Waals surface area contributed by atoms with E-state index >= 15 is 0 Å². The Morgan fingerprint density at radius 1 is 1.25 bits per heavy atom. The van der Waals surface area contributed by atoms with Gasteiger partial charge in [-0.25, -0.2) is 0 Å². The van der Waals surface area contributed by atoms with Gasteiger partial charge in [0.2, 0.25) is 5.91 Å². The molecule has 0 aliphatic heterocycles. The van der Waals surface area contributed by atoms with Gasteiger partial charge in [0.25, 0.3) is 0 Å². The number of amides is 1. The fourth-order valence-electron chi connectivity index (χ4n) is 3.50. The van der Waals surface area contributed by atoms with Crippen LogP contribution in [-0.4, -0.2) is 33.0 Å². The lowest BCUT2D eigenvalue weighted by Gasteiger charge is -2.20. The van der Waals surface area contributed by atoms with Gasteiger partial charge in [-0.2, -0.15) is 5.26 Å². The quantitative estimate of drug-likeness (QED) is 0.586. The van der Waals surface area contributed by atoms with Gasteiger partial charge >= 0.3 is 0 Å². The monoisotopic (exact) mass is 397 g/mol. The molecule has 2 aromatic rings. The summed E-state index contributed by atoms with van der Waals surface area (Å²) in [5.41, 5.74) is 2.44. The van der Waals surface area contributed by atoms with Crippen LogP contribution in [0.15, 0.2) is 29.4 Å². The van der Waals surface area contributed by atoms with Crippen LogP contribution in [0.3, 0.4) is 0 Å². The number of rotatable bonds is 6. The number of benzene rings is 1. The zero-order chi connectivity index (χ0) is 20.1. The maximum absolute atomic E-state index is 11.9. The number of thioether (sulfide) groups is 1. The number of nitrogens with one attached hydrogen (secondary N) is 1. The van der Waals surface area contributed by atoms with Crippen LogP contribution in [-0.2, 0) is 10.2 Å². The topological polar surface area (TPSA) is 83.6 Å². The summed E-state index contributed by atoms with van der Waals surface area (Å²) >= 11 is 1.38.